The van der Waals surface area contributed by atoms with Crippen LogP contribution < -0.4 is 5.32 Å². The molecule has 6 heteroatoms. The van der Waals surface area contributed by atoms with E-state index in [9.17, 15) is 9.59 Å². The third kappa shape index (κ3) is 2.67. The maximum atomic E-state index is 12.5. The molecular formula is C15H15N3O2S. The van der Waals surface area contributed by atoms with Crippen LogP contribution in [0.2, 0.25) is 0 Å². The highest BCUT2D eigenvalue weighted by atomic mass is 32.1. The van der Waals surface area contributed by atoms with E-state index in [-0.39, 0.29) is 17.7 Å². The van der Waals surface area contributed by atoms with E-state index in [1.54, 1.807) is 23.1 Å². The zero-order chi connectivity index (χ0) is 15.7. The summed E-state index contributed by atoms with van der Waals surface area (Å²) in [7, 11) is 0. The number of likely N-dealkylation sites (tertiary alicyclic amines) is 1. The summed E-state index contributed by atoms with van der Waals surface area (Å²) in [4.78, 5) is 30.3. The molecule has 0 spiro atoms. The quantitative estimate of drug-likeness (QED) is 0.943. The Balaban J connectivity index is 1.76. The Labute approximate surface area is 127 Å². The first-order chi connectivity index (χ1) is 10.6. The van der Waals surface area contributed by atoms with E-state index in [4.69, 9.17) is 1.37 Å². The molecule has 0 bridgehead atoms. The average Bonchev–Trinajstić information content (AvgIpc) is 3.13. The first-order valence-corrected chi connectivity index (χ1v) is 7.48. The molecule has 1 aromatic carbocycles. The lowest BCUT2D eigenvalue weighted by Crippen LogP contribution is -2.32. The standard InChI is InChI=1S/C15H15N3O2S/c1-2-16-13(19)10-7-8-18(9-10)15(20)14-17-11-5-3-4-6-12(11)21-14/h2-6,10H,1,7-9H2,(H,16,19)/i4T. The first-order valence-electron chi connectivity index (χ1n) is 7.16. The van der Waals surface area contributed by atoms with Gasteiger partial charge in [0, 0.05) is 13.1 Å². The fourth-order valence-electron chi connectivity index (χ4n) is 2.42. The number of hydrogen-bond acceptors (Lipinski definition) is 4. The fraction of sp³-hybridized carbons (Fsp3) is 0.267. The monoisotopic (exact) mass is 303 g/mol. The highest BCUT2D eigenvalue weighted by Crippen LogP contribution is 2.25. The van der Waals surface area contributed by atoms with E-state index in [0.717, 1.165) is 10.2 Å². The molecule has 1 atom stereocenters. The second-order valence-electron chi connectivity index (χ2n) is 4.86. The van der Waals surface area contributed by atoms with Gasteiger partial charge in [0.1, 0.15) is 0 Å². The third-order valence-electron chi connectivity index (χ3n) is 3.51. The number of fused-ring (bicyclic) bond motifs is 1. The number of amides is 2. The van der Waals surface area contributed by atoms with Crippen molar-refractivity contribution >= 4 is 33.4 Å². The lowest BCUT2D eigenvalue weighted by Gasteiger charge is -2.14. The van der Waals surface area contributed by atoms with Gasteiger partial charge in [-0.15, -0.1) is 11.3 Å². The van der Waals surface area contributed by atoms with Gasteiger partial charge in [0.15, 0.2) is 5.01 Å². The zero-order valence-corrected chi connectivity index (χ0v) is 12.2. The SMILES string of the molecule is [3H]c1ccc2nc(C(=O)N3CCC(C(=O)NC=C)C3)sc2c1. The lowest BCUT2D eigenvalue weighted by molar-refractivity contribution is -0.123. The summed E-state index contributed by atoms with van der Waals surface area (Å²) in [5, 5.41) is 2.98. The first kappa shape index (κ1) is 12.5. The minimum atomic E-state index is -0.198. The van der Waals surface area contributed by atoms with Crippen molar-refractivity contribution in [1.29, 1.82) is 0 Å². The van der Waals surface area contributed by atoms with Gasteiger partial charge in [-0.3, -0.25) is 9.59 Å². The topological polar surface area (TPSA) is 62.3 Å². The Kier molecular flexibility index (Phi) is 3.37. The highest BCUT2D eigenvalue weighted by Gasteiger charge is 2.32. The van der Waals surface area contributed by atoms with Gasteiger partial charge in [0.25, 0.3) is 5.91 Å². The summed E-state index contributed by atoms with van der Waals surface area (Å²) in [6.45, 7) is 4.42. The van der Waals surface area contributed by atoms with E-state index in [1.165, 1.54) is 17.5 Å². The van der Waals surface area contributed by atoms with Gasteiger partial charge in [0.05, 0.1) is 17.5 Å². The van der Waals surface area contributed by atoms with Crippen molar-refractivity contribution in [3.8, 4) is 0 Å². The molecule has 3 rings (SSSR count). The normalized spacial score (nSPS) is 18.6. The number of para-hydroxylation sites is 1. The number of nitrogens with one attached hydrogen (secondary N) is 1. The third-order valence-corrected chi connectivity index (χ3v) is 4.51. The van der Waals surface area contributed by atoms with E-state index >= 15 is 0 Å². The van der Waals surface area contributed by atoms with Crippen molar-refractivity contribution in [3.05, 3.63) is 42.0 Å². The number of carbonyl (C=O) groups excluding carboxylic acids is 2. The minimum absolute atomic E-state index is 0.103. The molecule has 1 fully saturated rings. The number of nitrogens with zero attached hydrogens (tertiary/aromatic N) is 2. The van der Waals surface area contributed by atoms with Gasteiger partial charge in [-0.1, -0.05) is 18.7 Å². The van der Waals surface area contributed by atoms with Gasteiger partial charge in [-0.05, 0) is 24.8 Å². The van der Waals surface area contributed by atoms with Crippen LogP contribution >= 0.6 is 11.3 Å². The molecule has 1 N–H and O–H groups in total. The molecule has 0 aliphatic carbocycles. The number of carbonyl (C=O) groups is 2. The lowest BCUT2D eigenvalue weighted by atomic mass is 10.1. The van der Waals surface area contributed by atoms with Gasteiger partial charge in [-0.2, -0.15) is 0 Å². The van der Waals surface area contributed by atoms with Gasteiger partial charge < -0.3 is 10.2 Å². The molecule has 2 aromatic rings. The fourth-order valence-corrected chi connectivity index (χ4v) is 3.34. The Morgan fingerprint density at radius 3 is 3.24 bits per heavy atom. The molecule has 1 saturated heterocycles. The molecule has 2 heterocycles. The van der Waals surface area contributed by atoms with E-state index in [1.807, 2.05) is 0 Å². The van der Waals surface area contributed by atoms with Crippen LogP contribution in [-0.2, 0) is 4.79 Å². The van der Waals surface area contributed by atoms with Crippen molar-refractivity contribution < 1.29 is 11.0 Å². The minimum Gasteiger partial charge on any atom is -0.336 e. The van der Waals surface area contributed by atoms with E-state index in [2.05, 4.69) is 16.9 Å². The van der Waals surface area contributed by atoms with Crippen LogP contribution in [0.4, 0.5) is 0 Å². The summed E-state index contributed by atoms with van der Waals surface area (Å²) in [5.41, 5.74) is 0.726. The number of rotatable bonds is 3. The number of benzene rings is 1. The summed E-state index contributed by atoms with van der Waals surface area (Å²) < 4.78 is 8.43. The van der Waals surface area contributed by atoms with Crippen LogP contribution in [0, 0.1) is 5.92 Å². The predicted molar refractivity (Wildman–Crippen MR) is 82.0 cm³/mol. The molecule has 108 valence electrons. The molecule has 0 radical (unpaired) electrons. The van der Waals surface area contributed by atoms with Crippen LogP contribution in [0.5, 0.6) is 0 Å². The molecule has 0 saturated carbocycles. The smallest absolute Gasteiger partial charge is 0.282 e. The zero-order valence-electron chi connectivity index (χ0n) is 12.3. The molecule has 1 unspecified atom stereocenters. The van der Waals surface area contributed by atoms with Gasteiger partial charge >= 0.3 is 0 Å². The Hall–Kier alpha value is -2.21. The molecule has 21 heavy (non-hydrogen) atoms. The Morgan fingerprint density at radius 2 is 2.43 bits per heavy atom. The maximum absolute atomic E-state index is 12.5. The van der Waals surface area contributed by atoms with Crippen molar-refractivity contribution in [2.45, 2.75) is 6.42 Å². The number of thiazole rings is 1. The Morgan fingerprint density at radius 1 is 1.57 bits per heavy atom. The van der Waals surface area contributed by atoms with Crippen molar-refractivity contribution in [3.63, 3.8) is 0 Å². The highest BCUT2D eigenvalue weighted by molar-refractivity contribution is 7.20. The summed E-state index contributed by atoms with van der Waals surface area (Å²) in [6.07, 6.45) is 2.01. The molecule has 2 amide bonds. The van der Waals surface area contributed by atoms with E-state index < -0.39 is 0 Å². The van der Waals surface area contributed by atoms with Crippen molar-refractivity contribution in [2.75, 3.05) is 13.1 Å². The van der Waals surface area contributed by atoms with Crippen LogP contribution in [0.3, 0.4) is 0 Å². The molecule has 1 aromatic heterocycles. The largest absolute Gasteiger partial charge is 0.336 e. The second kappa shape index (κ2) is 5.65. The van der Waals surface area contributed by atoms with Gasteiger partial charge in [-0.25, -0.2) is 4.98 Å². The van der Waals surface area contributed by atoms with Crippen molar-refractivity contribution in [2.24, 2.45) is 5.92 Å². The van der Waals surface area contributed by atoms with Crippen LogP contribution in [0.1, 0.15) is 17.6 Å². The predicted octanol–water partition coefficient (Wildman–Crippen LogP) is 2.02. The summed E-state index contributed by atoms with van der Waals surface area (Å²) in [5.74, 6) is -0.453. The molecule has 1 aliphatic heterocycles. The van der Waals surface area contributed by atoms with E-state index in [0.29, 0.717) is 30.6 Å². The van der Waals surface area contributed by atoms with Crippen LogP contribution in [-0.4, -0.2) is 34.8 Å². The average molecular weight is 303 g/mol. The van der Waals surface area contributed by atoms with Crippen molar-refractivity contribution in [1.82, 2.24) is 15.2 Å². The number of aromatic nitrogens is 1. The summed E-state index contributed by atoms with van der Waals surface area (Å²) in [6, 6.07) is 5.50. The van der Waals surface area contributed by atoms with Crippen LogP contribution in [0.15, 0.2) is 37.0 Å². The van der Waals surface area contributed by atoms with Crippen LogP contribution in [0.25, 0.3) is 10.2 Å². The number of hydrogen-bond donors (Lipinski definition) is 1. The second-order valence-corrected chi connectivity index (χ2v) is 5.89. The molecular weight excluding hydrogens is 286 g/mol. The molecule has 5 nitrogen and oxygen atoms in total. The summed E-state index contributed by atoms with van der Waals surface area (Å²) >= 11 is 1.29. The van der Waals surface area contributed by atoms with Gasteiger partial charge in [0.2, 0.25) is 5.91 Å². The molecule has 1 aliphatic rings. The maximum Gasteiger partial charge on any atom is 0.282 e. The Bertz CT molecular complexity index is 758.